The Kier molecular flexibility index (Phi) is 6.03. The van der Waals surface area contributed by atoms with Crippen LogP contribution in [0.5, 0.6) is 0 Å². The van der Waals surface area contributed by atoms with E-state index in [-0.39, 0.29) is 0 Å². The SMILES string of the molecule is C=C(C[SiH3])C(=O)OC(OC)O[Si](C)(C)C. The quantitative estimate of drug-likeness (QED) is 0.300. The number of hydrogen-bond acceptors (Lipinski definition) is 4. The molecule has 15 heavy (non-hydrogen) atoms. The Bertz CT molecular complexity index is 235. The van der Waals surface area contributed by atoms with Crippen molar-refractivity contribution in [1.29, 1.82) is 0 Å². The molecule has 1 unspecified atom stereocenters. The minimum absolute atomic E-state index is 0.435. The summed E-state index contributed by atoms with van der Waals surface area (Å²) in [7, 11) is 0.562. The summed E-state index contributed by atoms with van der Waals surface area (Å²) in [4.78, 5) is 11.4. The molecule has 4 nitrogen and oxygen atoms in total. The Labute approximate surface area is 95.1 Å². The van der Waals surface area contributed by atoms with Gasteiger partial charge < -0.3 is 13.9 Å². The van der Waals surface area contributed by atoms with Gasteiger partial charge in [0.05, 0.1) is 0 Å². The van der Waals surface area contributed by atoms with Gasteiger partial charge in [-0.05, 0) is 25.7 Å². The molecule has 0 aromatic rings. The Morgan fingerprint density at radius 2 is 2.00 bits per heavy atom. The lowest BCUT2D eigenvalue weighted by Gasteiger charge is -2.24. The second-order valence-corrected chi connectivity index (χ2v) is 9.28. The summed E-state index contributed by atoms with van der Waals surface area (Å²) in [5.41, 5.74) is 0.475. The molecule has 0 saturated heterocycles. The van der Waals surface area contributed by atoms with Gasteiger partial charge in [-0.25, -0.2) is 4.79 Å². The lowest BCUT2D eigenvalue weighted by molar-refractivity contribution is -0.230. The highest BCUT2D eigenvalue weighted by Crippen LogP contribution is 2.11. The van der Waals surface area contributed by atoms with Gasteiger partial charge in [0.2, 0.25) is 0 Å². The van der Waals surface area contributed by atoms with Crippen molar-refractivity contribution in [2.75, 3.05) is 7.11 Å². The highest BCUT2D eigenvalue weighted by Gasteiger charge is 2.24. The van der Waals surface area contributed by atoms with Gasteiger partial charge in [0.15, 0.2) is 8.32 Å². The van der Waals surface area contributed by atoms with Gasteiger partial charge in [-0.3, -0.25) is 0 Å². The maximum atomic E-state index is 11.4. The molecule has 0 aliphatic rings. The summed E-state index contributed by atoms with van der Waals surface area (Å²) in [6.45, 7) is 8.69. The van der Waals surface area contributed by atoms with Gasteiger partial charge in [-0.15, -0.1) is 0 Å². The van der Waals surface area contributed by atoms with E-state index in [9.17, 15) is 4.79 Å². The first kappa shape index (κ1) is 14.6. The number of hydrogen-bond donors (Lipinski definition) is 0. The van der Waals surface area contributed by atoms with Crippen molar-refractivity contribution in [3.8, 4) is 0 Å². The number of carbonyl (C=O) groups excluding carboxylic acids is 1. The molecule has 0 spiro atoms. The molecule has 0 amide bonds. The summed E-state index contributed by atoms with van der Waals surface area (Å²) >= 11 is 0. The smallest absolute Gasteiger partial charge is 0.337 e. The summed E-state index contributed by atoms with van der Waals surface area (Å²) in [5.74, 6) is -0.435. The fourth-order valence-electron chi connectivity index (χ4n) is 0.724. The van der Waals surface area contributed by atoms with Gasteiger partial charge >= 0.3 is 12.4 Å². The highest BCUT2D eigenvalue weighted by atomic mass is 28.4. The Morgan fingerprint density at radius 3 is 2.33 bits per heavy atom. The van der Waals surface area contributed by atoms with Crippen molar-refractivity contribution in [3.05, 3.63) is 12.2 Å². The zero-order valence-corrected chi connectivity index (χ0v) is 13.1. The van der Waals surface area contributed by atoms with Crippen LogP contribution < -0.4 is 0 Å². The molecule has 0 radical (unpaired) electrons. The maximum Gasteiger partial charge on any atom is 0.337 e. The van der Waals surface area contributed by atoms with E-state index in [1.807, 2.05) is 19.6 Å². The van der Waals surface area contributed by atoms with E-state index < -0.39 is 20.8 Å². The highest BCUT2D eigenvalue weighted by molar-refractivity contribution is 6.69. The monoisotopic (exact) mass is 248 g/mol. The third kappa shape index (κ3) is 6.61. The van der Waals surface area contributed by atoms with Crippen LogP contribution in [0.3, 0.4) is 0 Å². The molecule has 0 heterocycles. The molecule has 0 saturated carbocycles. The van der Waals surface area contributed by atoms with E-state index in [2.05, 4.69) is 6.58 Å². The molecule has 0 aliphatic heterocycles. The van der Waals surface area contributed by atoms with Crippen molar-refractivity contribution < 1.29 is 18.7 Å². The molecule has 0 bridgehead atoms. The molecular formula is C9H20O4Si2. The fourth-order valence-corrected chi connectivity index (χ4v) is 1.73. The first-order chi connectivity index (χ1) is 6.80. The molecule has 0 aliphatic carbocycles. The van der Waals surface area contributed by atoms with Crippen molar-refractivity contribution in [3.63, 3.8) is 0 Å². The molecule has 0 rings (SSSR count). The van der Waals surface area contributed by atoms with Crippen LogP contribution in [-0.4, -0.2) is 38.1 Å². The van der Waals surface area contributed by atoms with Crippen molar-refractivity contribution in [1.82, 2.24) is 0 Å². The van der Waals surface area contributed by atoms with Crippen LogP contribution in [0, 0.1) is 0 Å². The topological polar surface area (TPSA) is 44.8 Å². The molecule has 0 N–H and O–H groups in total. The van der Waals surface area contributed by atoms with E-state index in [4.69, 9.17) is 13.9 Å². The largest absolute Gasteiger partial charge is 0.408 e. The summed E-state index contributed by atoms with van der Waals surface area (Å²) in [5, 5.41) is 0. The van der Waals surface area contributed by atoms with Gasteiger partial charge in [0, 0.05) is 22.9 Å². The van der Waals surface area contributed by atoms with Gasteiger partial charge in [-0.1, -0.05) is 6.58 Å². The van der Waals surface area contributed by atoms with Crippen LogP contribution in [0.25, 0.3) is 0 Å². The average molecular weight is 248 g/mol. The van der Waals surface area contributed by atoms with Gasteiger partial charge in [0.1, 0.15) is 0 Å². The minimum Gasteiger partial charge on any atom is -0.408 e. The average Bonchev–Trinajstić information content (AvgIpc) is 2.13. The van der Waals surface area contributed by atoms with Crippen molar-refractivity contribution in [2.24, 2.45) is 0 Å². The fraction of sp³-hybridized carbons (Fsp3) is 0.667. The Balaban J connectivity index is 4.22. The van der Waals surface area contributed by atoms with Crippen LogP contribution in [0.1, 0.15) is 0 Å². The zero-order chi connectivity index (χ0) is 12.1. The Hall–Kier alpha value is -0.436. The van der Waals surface area contributed by atoms with Gasteiger partial charge in [0.25, 0.3) is 0 Å². The third-order valence-corrected chi connectivity index (χ3v) is 3.31. The van der Waals surface area contributed by atoms with Crippen LogP contribution >= 0.6 is 0 Å². The lowest BCUT2D eigenvalue weighted by Crippen LogP contribution is -2.36. The number of esters is 1. The third-order valence-electron chi connectivity index (χ3n) is 1.56. The van der Waals surface area contributed by atoms with Crippen molar-refractivity contribution >= 4 is 24.5 Å². The molecule has 6 heteroatoms. The predicted octanol–water partition coefficient (Wildman–Crippen LogP) is 0.651. The maximum absolute atomic E-state index is 11.4. The second kappa shape index (κ2) is 6.21. The van der Waals surface area contributed by atoms with E-state index in [1.54, 1.807) is 0 Å². The molecule has 1 atom stereocenters. The summed E-state index contributed by atoms with van der Waals surface area (Å²) < 4.78 is 15.4. The van der Waals surface area contributed by atoms with Crippen molar-refractivity contribution in [2.45, 2.75) is 32.2 Å². The number of methoxy groups -OCH3 is 1. The summed E-state index contributed by atoms with van der Waals surface area (Å²) in [6, 6.07) is 0.697. The minimum atomic E-state index is -1.78. The second-order valence-electron chi connectivity index (χ2n) is 4.12. The Morgan fingerprint density at radius 1 is 1.47 bits per heavy atom. The number of ether oxygens (including phenoxy) is 2. The van der Waals surface area contributed by atoms with Crippen LogP contribution in [-0.2, 0) is 18.7 Å². The lowest BCUT2D eigenvalue weighted by atomic mass is 10.4. The van der Waals surface area contributed by atoms with E-state index in [1.165, 1.54) is 7.11 Å². The van der Waals surface area contributed by atoms with Crippen LogP contribution in [0.15, 0.2) is 12.2 Å². The van der Waals surface area contributed by atoms with Crippen LogP contribution in [0.4, 0.5) is 0 Å². The van der Waals surface area contributed by atoms with E-state index in [0.29, 0.717) is 11.6 Å². The number of rotatable bonds is 6. The first-order valence-corrected chi connectivity index (χ1v) is 9.71. The zero-order valence-electron chi connectivity index (χ0n) is 10.1. The van der Waals surface area contributed by atoms with Gasteiger partial charge in [-0.2, -0.15) is 0 Å². The van der Waals surface area contributed by atoms with E-state index >= 15 is 0 Å². The molecule has 88 valence electrons. The molecule has 0 fully saturated rings. The predicted molar refractivity (Wildman–Crippen MR) is 65.2 cm³/mol. The standard InChI is InChI=1S/C9H20O4Si2/c1-7(6-14)8(10)12-9(11-2)13-15(3,4)5/h9H,1,6H2,2-5,14H3. The summed E-state index contributed by atoms with van der Waals surface area (Å²) in [6.07, 6.45) is 0. The van der Waals surface area contributed by atoms with E-state index in [0.717, 1.165) is 10.2 Å². The number of carbonyl (C=O) groups is 1. The molecule has 0 aromatic heterocycles. The first-order valence-electron chi connectivity index (χ1n) is 4.89. The molecule has 0 aromatic carbocycles. The molecular weight excluding hydrogens is 228 g/mol. The van der Waals surface area contributed by atoms with Crippen LogP contribution in [0.2, 0.25) is 25.7 Å². The normalized spacial score (nSPS) is 13.6.